The molecule has 13 heavy (non-hydrogen) atoms. The topological polar surface area (TPSA) is 35.5 Å². The number of alkyl halides is 3. The number of carbonyl (C=O) groups is 1. The predicted octanol–water partition coefficient (Wildman–Crippen LogP) is 1.73. The van der Waals surface area contributed by atoms with E-state index in [1.165, 1.54) is 0 Å². The predicted molar refractivity (Wildman–Crippen MR) is 50.5 cm³/mol. The van der Waals surface area contributed by atoms with Crippen LogP contribution in [0.4, 0.5) is 0 Å². The molecule has 1 fully saturated rings. The third kappa shape index (κ3) is 3.50. The van der Waals surface area contributed by atoms with E-state index in [-0.39, 0.29) is 18.4 Å². The number of rotatable bonds is 0. The largest absolute Gasteiger partial charge is 0.461 e. The molecule has 0 amide bonds. The quantitative estimate of drug-likeness (QED) is 0.483. The van der Waals surface area contributed by atoms with E-state index in [9.17, 15) is 4.79 Å². The number of halogens is 3. The van der Waals surface area contributed by atoms with Crippen LogP contribution in [0.15, 0.2) is 0 Å². The molecule has 0 radical (unpaired) electrons. The minimum Gasteiger partial charge on any atom is -0.461 e. The molecule has 0 aromatic heterocycles. The number of carbonyl (C=O) groups excluding carboxylic acids is 1. The zero-order valence-electron chi connectivity index (χ0n) is 6.76. The van der Waals surface area contributed by atoms with E-state index >= 15 is 0 Å². The average Bonchev–Trinajstić information content (AvgIpc) is 2.05. The van der Waals surface area contributed by atoms with Gasteiger partial charge in [-0.25, -0.2) is 4.79 Å². The normalized spacial score (nSPS) is 29.8. The molecule has 0 aromatic rings. The van der Waals surface area contributed by atoms with Crippen LogP contribution in [0.5, 0.6) is 0 Å². The number of hydrogen-bond donors (Lipinski definition) is 0. The fraction of sp³-hybridized carbons (Fsp3) is 0.857. The van der Waals surface area contributed by atoms with Crippen molar-refractivity contribution < 1.29 is 14.3 Å². The van der Waals surface area contributed by atoms with E-state index in [2.05, 4.69) is 0 Å². The Bertz CT molecular complexity index is 195. The summed E-state index contributed by atoms with van der Waals surface area (Å²) in [6.07, 6.45) is 0.122. The highest BCUT2D eigenvalue weighted by Gasteiger charge is 2.38. The Morgan fingerprint density at radius 3 is 2.77 bits per heavy atom. The first-order valence-electron chi connectivity index (χ1n) is 3.79. The average molecular weight is 248 g/mol. The summed E-state index contributed by atoms with van der Waals surface area (Å²) in [5.41, 5.74) is 0. The number of esters is 1. The maximum atomic E-state index is 11.2. The minimum atomic E-state index is -1.56. The number of hydrogen-bond acceptors (Lipinski definition) is 3. The van der Waals surface area contributed by atoms with Gasteiger partial charge in [-0.1, -0.05) is 23.2 Å². The van der Waals surface area contributed by atoms with Crippen LogP contribution in [-0.4, -0.2) is 35.5 Å². The van der Waals surface area contributed by atoms with Gasteiger partial charge in [-0.15, -0.1) is 11.6 Å². The highest BCUT2D eigenvalue weighted by molar-refractivity contribution is 6.57. The molecular weight excluding hydrogens is 238 g/mol. The summed E-state index contributed by atoms with van der Waals surface area (Å²) in [7, 11) is 0. The third-order valence-electron chi connectivity index (χ3n) is 1.54. The lowest BCUT2D eigenvalue weighted by Crippen LogP contribution is -2.31. The van der Waals surface area contributed by atoms with Crippen LogP contribution in [0, 0.1) is 0 Å². The zero-order chi connectivity index (χ0) is 9.90. The van der Waals surface area contributed by atoms with Crippen LogP contribution in [0.1, 0.15) is 6.42 Å². The van der Waals surface area contributed by atoms with E-state index in [1.807, 2.05) is 0 Å². The smallest absolute Gasteiger partial charge is 0.342 e. The van der Waals surface area contributed by atoms with Crippen molar-refractivity contribution in [2.75, 3.05) is 19.8 Å². The first kappa shape index (κ1) is 11.4. The molecule has 0 saturated carbocycles. The SMILES string of the molecule is O=C1OCCOCC(Cl)CC1(Cl)Cl. The summed E-state index contributed by atoms with van der Waals surface area (Å²) >= 11 is 17.2. The van der Waals surface area contributed by atoms with Crippen molar-refractivity contribution in [3.63, 3.8) is 0 Å². The van der Waals surface area contributed by atoms with Crippen LogP contribution in [0.25, 0.3) is 0 Å². The first-order valence-corrected chi connectivity index (χ1v) is 4.98. The Morgan fingerprint density at radius 1 is 1.38 bits per heavy atom. The molecule has 1 aliphatic rings. The van der Waals surface area contributed by atoms with E-state index in [0.29, 0.717) is 13.2 Å². The minimum absolute atomic E-state index is 0.122. The van der Waals surface area contributed by atoms with Gasteiger partial charge in [0.25, 0.3) is 0 Å². The molecular formula is C7H9Cl3O3. The summed E-state index contributed by atoms with van der Waals surface area (Å²) in [5.74, 6) is -0.660. The van der Waals surface area contributed by atoms with Crippen molar-refractivity contribution in [3.8, 4) is 0 Å². The summed E-state index contributed by atoms with van der Waals surface area (Å²) in [6, 6.07) is 0. The summed E-state index contributed by atoms with van der Waals surface area (Å²) in [6.45, 7) is 0.793. The van der Waals surface area contributed by atoms with Gasteiger partial charge in [-0.3, -0.25) is 0 Å². The molecule has 0 aliphatic carbocycles. The lowest BCUT2D eigenvalue weighted by atomic mass is 10.2. The number of cyclic esters (lactones) is 1. The Labute approximate surface area is 91.2 Å². The van der Waals surface area contributed by atoms with Gasteiger partial charge in [-0.2, -0.15) is 0 Å². The van der Waals surface area contributed by atoms with Crippen LogP contribution < -0.4 is 0 Å². The van der Waals surface area contributed by atoms with E-state index in [1.54, 1.807) is 0 Å². The molecule has 1 heterocycles. The van der Waals surface area contributed by atoms with Crippen molar-refractivity contribution in [1.82, 2.24) is 0 Å². The second-order valence-corrected chi connectivity index (χ2v) is 4.82. The van der Waals surface area contributed by atoms with Gasteiger partial charge in [0.2, 0.25) is 4.33 Å². The van der Waals surface area contributed by atoms with Crippen molar-refractivity contribution in [1.29, 1.82) is 0 Å². The molecule has 6 heteroatoms. The van der Waals surface area contributed by atoms with Gasteiger partial charge in [0, 0.05) is 6.42 Å². The maximum absolute atomic E-state index is 11.2. The van der Waals surface area contributed by atoms with Crippen LogP contribution >= 0.6 is 34.8 Å². The lowest BCUT2D eigenvalue weighted by Gasteiger charge is -2.18. The van der Waals surface area contributed by atoms with Gasteiger partial charge in [0.15, 0.2) is 0 Å². The van der Waals surface area contributed by atoms with Crippen LogP contribution in [0.3, 0.4) is 0 Å². The molecule has 1 rings (SSSR count). The van der Waals surface area contributed by atoms with Crippen LogP contribution in [0.2, 0.25) is 0 Å². The maximum Gasteiger partial charge on any atom is 0.342 e. The molecule has 0 spiro atoms. The Hall–Kier alpha value is 0.300. The van der Waals surface area contributed by atoms with Gasteiger partial charge in [0.1, 0.15) is 6.61 Å². The molecule has 1 aliphatic heterocycles. The molecule has 1 unspecified atom stereocenters. The molecule has 0 aromatic carbocycles. The number of ether oxygens (including phenoxy) is 2. The van der Waals surface area contributed by atoms with E-state index < -0.39 is 10.3 Å². The van der Waals surface area contributed by atoms with Gasteiger partial charge in [-0.05, 0) is 0 Å². The summed E-state index contributed by atoms with van der Waals surface area (Å²) in [4.78, 5) is 11.2. The van der Waals surface area contributed by atoms with Gasteiger partial charge < -0.3 is 9.47 Å². The van der Waals surface area contributed by atoms with E-state index in [4.69, 9.17) is 44.3 Å². The molecule has 3 nitrogen and oxygen atoms in total. The second-order valence-electron chi connectivity index (χ2n) is 2.72. The van der Waals surface area contributed by atoms with E-state index in [0.717, 1.165) is 0 Å². The lowest BCUT2D eigenvalue weighted by molar-refractivity contribution is -0.145. The highest BCUT2D eigenvalue weighted by Crippen LogP contribution is 2.31. The van der Waals surface area contributed by atoms with Gasteiger partial charge in [0.05, 0.1) is 18.6 Å². The molecule has 1 atom stereocenters. The first-order chi connectivity index (χ1) is 6.02. The fourth-order valence-corrected chi connectivity index (χ4v) is 1.89. The molecule has 1 saturated heterocycles. The van der Waals surface area contributed by atoms with Crippen molar-refractivity contribution in [3.05, 3.63) is 0 Å². The highest BCUT2D eigenvalue weighted by atomic mass is 35.5. The van der Waals surface area contributed by atoms with Gasteiger partial charge >= 0.3 is 5.97 Å². The van der Waals surface area contributed by atoms with Crippen molar-refractivity contribution >= 4 is 40.8 Å². The van der Waals surface area contributed by atoms with Crippen LogP contribution in [-0.2, 0) is 14.3 Å². The van der Waals surface area contributed by atoms with Crippen molar-refractivity contribution in [2.24, 2.45) is 0 Å². The third-order valence-corrected chi connectivity index (χ3v) is 2.43. The zero-order valence-corrected chi connectivity index (χ0v) is 9.03. The fourth-order valence-electron chi connectivity index (χ4n) is 0.931. The van der Waals surface area contributed by atoms with Crippen molar-refractivity contribution in [2.45, 2.75) is 16.1 Å². The standard InChI is InChI=1S/C7H9Cl3O3/c8-5-3-7(9,10)6(11)13-2-1-12-4-5/h5H,1-4H2. The Kier molecular flexibility index (Phi) is 4.10. The monoisotopic (exact) mass is 246 g/mol. The molecule has 0 bridgehead atoms. The molecule has 76 valence electrons. The Morgan fingerprint density at radius 2 is 2.08 bits per heavy atom. The second kappa shape index (κ2) is 4.69. The summed E-state index contributed by atoms with van der Waals surface area (Å²) in [5, 5.41) is -0.374. The molecule has 0 N–H and O–H groups in total. The summed E-state index contributed by atoms with van der Waals surface area (Å²) < 4.78 is 8.27. The Balaban J connectivity index is 2.63.